The number of nitrogens with one attached hydrogen (secondary N) is 1. The minimum atomic E-state index is -3.64. The van der Waals surface area contributed by atoms with Gasteiger partial charge < -0.3 is 15.0 Å². The summed E-state index contributed by atoms with van der Waals surface area (Å²) in [4.78, 5) is 3.77. The molecule has 8 heteroatoms. The van der Waals surface area contributed by atoms with Crippen LogP contribution in [0, 0.1) is 0 Å². The van der Waals surface area contributed by atoms with Crippen LogP contribution >= 0.6 is 0 Å². The second kappa shape index (κ2) is 6.55. The van der Waals surface area contributed by atoms with Crippen molar-refractivity contribution in [2.75, 3.05) is 18.9 Å². The smallest absolute Gasteiger partial charge is 0.260 e. The van der Waals surface area contributed by atoms with E-state index in [1.54, 1.807) is 7.05 Å². The predicted molar refractivity (Wildman–Crippen MR) is 75.6 cm³/mol. The lowest BCUT2D eigenvalue weighted by molar-refractivity contribution is 0.0321. The summed E-state index contributed by atoms with van der Waals surface area (Å²) in [6.07, 6.45) is 7.46. The topological polar surface area (TPSA) is 99.2 Å². The van der Waals surface area contributed by atoms with Crippen LogP contribution in [0.1, 0.15) is 32.1 Å². The first-order chi connectivity index (χ1) is 9.50. The van der Waals surface area contributed by atoms with Crippen molar-refractivity contribution in [1.29, 1.82) is 0 Å². The first kappa shape index (κ1) is 15.3. The molecule has 20 heavy (non-hydrogen) atoms. The van der Waals surface area contributed by atoms with Gasteiger partial charge in [-0.25, -0.2) is 18.1 Å². The molecule has 1 fully saturated rings. The van der Waals surface area contributed by atoms with Gasteiger partial charge in [0.15, 0.2) is 10.8 Å². The van der Waals surface area contributed by atoms with E-state index in [0.29, 0.717) is 6.61 Å². The molecule has 2 rings (SSSR count). The highest BCUT2D eigenvalue weighted by Crippen LogP contribution is 2.20. The van der Waals surface area contributed by atoms with Crippen LogP contribution < -0.4 is 10.5 Å². The van der Waals surface area contributed by atoms with Crippen LogP contribution in [0.15, 0.2) is 11.4 Å². The van der Waals surface area contributed by atoms with E-state index in [9.17, 15) is 8.42 Å². The first-order valence-corrected chi connectivity index (χ1v) is 8.37. The van der Waals surface area contributed by atoms with Gasteiger partial charge in [0.25, 0.3) is 10.0 Å². The number of nitrogens with zero attached hydrogens (tertiary/aromatic N) is 2. The number of nitrogen functional groups attached to an aromatic ring is 1. The number of sulfonamides is 1. The minimum absolute atomic E-state index is 0.00448. The van der Waals surface area contributed by atoms with Crippen molar-refractivity contribution in [2.45, 2.75) is 43.2 Å². The van der Waals surface area contributed by atoms with Crippen LogP contribution in [-0.4, -0.2) is 37.2 Å². The Bertz CT molecular complexity index is 515. The van der Waals surface area contributed by atoms with Crippen LogP contribution in [0.2, 0.25) is 0 Å². The molecule has 0 saturated heterocycles. The van der Waals surface area contributed by atoms with Crippen LogP contribution in [-0.2, 0) is 21.8 Å². The zero-order chi connectivity index (χ0) is 14.6. The third-order valence-electron chi connectivity index (χ3n) is 3.46. The molecule has 1 aliphatic carbocycles. The van der Waals surface area contributed by atoms with Gasteiger partial charge in [-0.05, 0) is 12.8 Å². The van der Waals surface area contributed by atoms with E-state index in [2.05, 4.69) is 9.71 Å². The van der Waals surface area contributed by atoms with Crippen molar-refractivity contribution in [3.05, 3.63) is 6.33 Å². The number of anilines is 1. The molecular weight excluding hydrogens is 280 g/mol. The van der Waals surface area contributed by atoms with E-state index in [0.717, 1.165) is 12.8 Å². The molecule has 1 heterocycles. The second-order valence-corrected chi connectivity index (χ2v) is 6.76. The first-order valence-electron chi connectivity index (χ1n) is 6.89. The number of aryl methyl sites for hydroxylation is 1. The largest absolute Gasteiger partial charge is 0.381 e. The maximum Gasteiger partial charge on any atom is 0.260 e. The third kappa shape index (κ3) is 3.71. The monoisotopic (exact) mass is 302 g/mol. The molecule has 7 nitrogen and oxygen atoms in total. The lowest BCUT2D eigenvalue weighted by atomic mass is 9.98. The molecule has 0 amide bonds. The highest BCUT2D eigenvalue weighted by molar-refractivity contribution is 7.89. The minimum Gasteiger partial charge on any atom is -0.381 e. The van der Waals surface area contributed by atoms with Gasteiger partial charge in [-0.2, -0.15) is 0 Å². The van der Waals surface area contributed by atoms with Crippen molar-refractivity contribution in [3.63, 3.8) is 0 Å². The van der Waals surface area contributed by atoms with Crippen LogP contribution in [0.25, 0.3) is 0 Å². The van der Waals surface area contributed by atoms with E-state index in [4.69, 9.17) is 10.5 Å². The zero-order valence-corrected chi connectivity index (χ0v) is 12.5. The number of aromatic nitrogens is 2. The van der Waals surface area contributed by atoms with E-state index in [1.807, 2.05) is 0 Å². The lowest BCUT2D eigenvalue weighted by Crippen LogP contribution is -2.31. The number of imidazole rings is 1. The summed E-state index contributed by atoms with van der Waals surface area (Å²) in [5.41, 5.74) is 5.57. The molecule has 0 atom stereocenters. The second-order valence-electron chi connectivity index (χ2n) is 5.07. The highest BCUT2D eigenvalue weighted by Gasteiger charge is 2.22. The van der Waals surface area contributed by atoms with Gasteiger partial charge in [-0.1, -0.05) is 19.3 Å². The van der Waals surface area contributed by atoms with E-state index < -0.39 is 10.0 Å². The normalized spacial score (nSPS) is 17.4. The summed E-state index contributed by atoms with van der Waals surface area (Å²) < 4.78 is 33.7. The van der Waals surface area contributed by atoms with E-state index in [1.165, 1.54) is 30.2 Å². The molecular formula is C12H22N4O3S. The maximum absolute atomic E-state index is 12.1. The van der Waals surface area contributed by atoms with Crippen molar-refractivity contribution < 1.29 is 13.2 Å². The van der Waals surface area contributed by atoms with Crippen LogP contribution in [0.3, 0.4) is 0 Å². The molecule has 0 aromatic carbocycles. The Balaban J connectivity index is 1.81. The third-order valence-corrected chi connectivity index (χ3v) is 5.05. The standard InChI is InChI=1S/C12H22N4O3S/c1-16-9-14-11(13)12(16)20(17,18)15-7-8-19-10-5-3-2-4-6-10/h9-10,15H,2-8,13H2,1H3. The Kier molecular flexibility index (Phi) is 5.00. The van der Waals surface area contributed by atoms with Crippen molar-refractivity contribution in [3.8, 4) is 0 Å². The van der Waals surface area contributed by atoms with Crippen LogP contribution in [0.5, 0.6) is 0 Å². The molecule has 0 unspecified atom stereocenters. The molecule has 0 spiro atoms. The van der Waals surface area contributed by atoms with E-state index >= 15 is 0 Å². The average Bonchev–Trinajstić information content (AvgIpc) is 2.76. The zero-order valence-electron chi connectivity index (χ0n) is 11.7. The number of ether oxygens (including phenoxy) is 1. The van der Waals surface area contributed by atoms with Gasteiger partial charge in [0, 0.05) is 13.6 Å². The van der Waals surface area contributed by atoms with Crippen molar-refractivity contribution >= 4 is 15.8 Å². The van der Waals surface area contributed by atoms with Gasteiger partial charge in [-0.15, -0.1) is 0 Å². The molecule has 3 N–H and O–H groups in total. The number of hydrogen-bond acceptors (Lipinski definition) is 5. The summed E-state index contributed by atoms with van der Waals surface area (Å²) >= 11 is 0. The summed E-state index contributed by atoms with van der Waals surface area (Å²) in [7, 11) is -2.04. The van der Waals surface area contributed by atoms with E-state index in [-0.39, 0.29) is 23.5 Å². The van der Waals surface area contributed by atoms with Crippen molar-refractivity contribution in [2.24, 2.45) is 7.05 Å². The van der Waals surface area contributed by atoms with Crippen molar-refractivity contribution in [1.82, 2.24) is 14.3 Å². The summed E-state index contributed by atoms with van der Waals surface area (Å²) in [6, 6.07) is 0. The Morgan fingerprint density at radius 2 is 2.15 bits per heavy atom. The Labute approximate surface area is 119 Å². The van der Waals surface area contributed by atoms with Gasteiger partial charge in [-0.3, -0.25) is 0 Å². The van der Waals surface area contributed by atoms with Gasteiger partial charge in [0.05, 0.1) is 19.0 Å². The molecule has 1 aromatic rings. The molecule has 0 bridgehead atoms. The number of rotatable bonds is 6. The van der Waals surface area contributed by atoms with Crippen LogP contribution in [0.4, 0.5) is 5.82 Å². The molecule has 1 saturated carbocycles. The molecule has 0 radical (unpaired) electrons. The Morgan fingerprint density at radius 1 is 1.45 bits per heavy atom. The quantitative estimate of drug-likeness (QED) is 0.751. The average molecular weight is 302 g/mol. The maximum atomic E-state index is 12.1. The number of hydrogen-bond donors (Lipinski definition) is 2. The Hall–Kier alpha value is -1.12. The number of nitrogens with two attached hydrogens (primary N) is 1. The highest BCUT2D eigenvalue weighted by atomic mass is 32.2. The van der Waals surface area contributed by atoms with Gasteiger partial charge in [0.2, 0.25) is 0 Å². The Morgan fingerprint density at radius 3 is 2.75 bits per heavy atom. The van der Waals surface area contributed by atoms with Gasteiger partial charge in [0.1, 0.15) is 0 Å². The lowest BCUT2D eigenvalue weighted by Gasteiger charge is -2.22. The summed E-state index contributed by atoms with van der Waals surface area (Å²) in [5, 5.41) is -0.00448. The molecule has 114 valence electrons. The molecule has 0 aliphatic heterocycles. The predicted octanol–water partition coefficient (Wildman–Crippen LogP) is 0.630. The SMILES string of the molecule is Cn1cnc(N)c1S(=O)(=O)NCCOC1CCCCC1. The summed E-state index contributed by atoms with van der Waals surface area (Å²) in [6.45, 7) is 0.616. The fourth-order valence-corrected chi connectivity index (χ4v) is 3.71. The molecule has 1 aromatic heterocycles. The summed E-state index contributed by atoms with van der Waals surface area (Å²) in [5.74, 6) is 0.00759. The molecule has 1 aliphatic rings. The van der Waals surface area contributed by atoms with Gasteiger partial charge >= 0.3 is 0 Å². The fourth-order valence-electron chi connectivity index (χ4n) is 2.47. The fraction of sp³-hybridized carbons (Fsp3) is 0.750.